The van der Waals surface area contributed by atoms with E-state index < -0.39 is 5.97 Å². The van der Waals surface area contributed by atoms with Gasteiger partial charge in [-0.05, 0) is 6.92 Å². The average molecular weight is 214 g/mol. The Morgan fingerprint density at radius 1 is 1.64 bits per heavy atom. The first-order valence-corrected chi connectivity index (χ1v) is 4.85. The van der Waals surface area contributed by atoms with Crippen LogP contribution in [-0.4, -0.2) is 28.5 Å². The van der Waals surface area contributed by atoms with Crippen LogP contribution in [0, 0.1) is 6.92 Å². The highest BCUT2D eigenvalue weighted by molar-refractivity contribution is 7.09. The van der Waals surface area contributed by atoms with Gasteiger partial charge in [0.2, 0.25) is 5.91 Å². The van der Waals surface area contributed by atoms with E-state index in [0.29, 0.717) is 5.01 Å². The van der Waals surface area contributed by atoms with E-state index >= 15 is 0 Å². The summed E-state index contributed by atoms with van der Waals surface area (Å²) in [6.45, 7) is 1.50. The summed E-state index contributed by atoms with van der Waals surface area (Å²) in [6.07, 6.45) is 0.145. The summed E-state index contributed by atoms with van der Waals surface area (Å²) in [6, 6.07) is 0. The van der Waals surface area contributed by atoms with Crippen molar-refractivity contribution in [1.29, 1.82) is 0 Å². The molecule has 1 amide bonds. The fourth-order valence-electron chi connectivity index (χ4n) is 0.858. The molecule has 0 aliphatic carbocycles. The van der Waals surface area contributed by atoms with Crippen molar-refractivity contribution in [1.82, 2.24) is 10.3 Å². The number of aliphatic carboxylic acids is 1. The molecule has 2 N–H and O–H groups in total. The van der Waals surface area contributed by atoms with Crippen molar-refractivity contribution in [3.8, 4) is 0 Å². The van der Waals surface area contributed by atoms with Crippen molar-refractivity contribution in [2.75, 3.05) is 6.54 Å². The monoisotopic (exact) mass is 214 g/mol. The van der Waals surface area contributed by atoms with Gasteiger partial charge in [0.15, 0.2) is 0 Å². The third-order valence-corrected chi connectivity index (χ3v) is 2.38. The number of carbonyl (C=O) groups excluding carboxylic acids is 1. The van der Waals surface area contributed by atoms with Gasteiger partial charge in [-0.2, -0.15) is 0 Å². The minimum Gasteiger partial charge on any atom is -0.480 e. The summed E-state index contributed by atoms with van der Waals surface area (Å²) in [5, 5.41) is 13.1. The van der Waals surface area contributed by atoms with E-state index in [0.717, 1.165) is 5.69 Å². The number of aryl methyl sites for hydroxylation is 1. The number of amides is 1. The van der Waals surface area contributed by atoms with Crippen LogP contribution in [0.1, 0.15) is 10.7 Å². The predicted molar refractivity (Wildman–Crippen MR) is 51.2 cm³/mol. The zero-order valence-corrected chi connectivity index (χ0v) is 8.43. The molecule has 0 aliphatic rings. The average Bonchev–Trinajstić information content (AvgIpc) is 2.48. The summed E-state index contributed by atoms with van der Waals surface area (Å²) >= 11 is 1.39. The Labute approximate surface area is 84.8 Å². The predicted octanol–water partition coefficient (Wildman–Crippen LogP) is 0.195. The number of aromatic nitrogens is 1. The Balaban J connectivity index is 2.37. The molecule has 0 spiro atoms. The van der Waals surface area contributed by atoms with Gasteiger partial charge in [-0.25, -0.2) is 4.98 Å². The van der Waals surface area contributed by atoms with Crippen molar-refractivity contribution in [2.24, 2.45) is 0 Å². The summed E-state index contributed by atoms with van der Waals surface area (Å²) in [7, 11) is 0. The standard InChI is InChI=1S/C8H10N2O3S/c1-5-4-14-7(10-5)2-6(11)9-3-8(12)13/h4H,2-3H2,1H3,(H,9,11)(H,12,13). The van der Waals surface area contributed by atoms with Gasteiger partial charge in [0.1, 0.15) is 11.6 Å². The lowest BCUT2D eigenvalue weighted by Gasteiger charge is -1.98. The summed E-state index contributed by atoms with van der Waals surface area (Å²) in [5.74, 6) is -1.37. The van der Waals surface area contributed by atoms with Gasteiger partial charge < -0.3 is 10.4 Å². The fraction of sp³-hybridized carbons (Fsp3) is 0.375. The first-order chi connectivity index (χ1) is 6.58. The molecule has 0 radical (unpaired) electrons. The van der Waals surface area contributed by atoms with Gasteiger partial charge in [-0.1, -0.05) is 0 Å². The van der Waals surface area contributed by atoms with Gasteiger partial charge in [-0.15, -0.1) is 11.3 Å². The second kappa shape index (κ2) is 4.71. The van der Waals surface area contributed by atoms with Crippen LogP contribution in [-0.2, 0) is 16.0 Å². The van der Waals surface area contributed by atoms with E-state index in [1.54, 1.807) is 0 Å². The molecule has 0 fully saturated rings. The SMILES string of the molecule is Cc1csc(CC(=O)NCC(=O)O)n1. The largest absolute Gasteiger partial charge is 0.480 e. The molecule has 6 heteroatoms. The Hall–Kier alpha value is -1.43. The van der Waals surface area contributed by atoms with E-state index in [9.17, 15) is 9.59 Å². The van der Waals surface area contributed by atoms with Crippen LogP contribution >= 0.6 is 11.3 Å². The van der Waals surface area contributed by atoms with Crippen LogP contribution in [0.25, 0.3) is 0 Å². The maximum absolute atomic E-state index is 11.1. The van der Waals surface area contributed by atoms with Crippen molar-refractivity contribution in [3.05, 3.63) is 16.1 Å². The normalized spacial score (nSPS) is 9.79. The Kier molecular flexibility index (Phi) is 3.58. The van der Waals surface area contributed by atoms with Gasteiger partial charge in [0, 0.05) is 11.1 Å². The number of nitrogens with zero attached hydrogens (tertiary/aromatic N) is 1. The third kappa shape index (κ3) is 3.53. The molecule has 0 bridgehead atoms. The zero-order chi connectivity index (χ0) is 10.6. The van der Waals surface area contributed by atoms with Crippen molar-refractivity contribution >= 4 is 23.2 Å². The smallest absolute Gasteiger partial charge is 0.322 e. The number of rotatable bonds is 4. The number of carbonyl (C=O) groups is 2. The third-order valence-electron chi connectivity index (χ3n) is 1.42. The molecule has 0 saturated heterocycles. The van der Waals surface area contributed by atoms with Gasteiger partial charge in [-0.3, -0.25) is 9.59 Å². The second-order valence-corrected chi connectivity index (χ2v) is 3.67. The van der Waals surface area contributed by atoms with Crippen LogP contribution in [0.4, 0.5) is 0 Å². The number of hydrogen-bond donors (Lipinski definition) is 2. The van der Waals surface area contributed by atoms with E-state index in [1.165, 1.54) is 11.3 Å². The fourth-order valence-corrected chi connectivity index (χ4v) is 1.63. The van der Waals surface area contributed by atoms with Crippen LogP contribution in [0.15, 0.2) is 5.38 Å². The van der Waals surface area contributed by atoms with Gasteiger partial charge in [0.05, 0.1) is 6.42 Å². The zero-order valence-electron chi connectivity index (χ0n) is 7.61. The second-order valence-electron chi connectivity index (χ2n) is 2.73. The van der Waals surface area contributed by atoms with Crippen molar-refractivity contribution in [2.45, 2.75) is 13.3 Å². The molecule has 1 rings (SSSR count). The maximum atomic E-state index is 11.1. The molecule has 0 aliphatic heterocycles. The summed E-state index contributed by atoms with van der Waals surface area (Å²) in [5.41, 5.74) is 0.871. The molecule has 1 heterocycles. The number of carboxylic acid groups (broad SMARTS) is 1. The van der Waals surface area contributed by atoms with E-state index in [2.05, 4.69) is 10.3 Å². The quantitative estimate of drug-likeness (QED) is 0.750. The number of nitrogens with one attached hydrogen (secondary N) is 1. The molecule has 0 atom stereocenters. The highest BCUT2D eigenvalue weighted by atomic mass is 32.1. The van der Waals surface area contributed by atoms with Gasteiger partial charge in [0.25, 0.3) is 0 Å². The minimum atomic E-state index is -1.05. The van der Waals surface area contributed by atoms with E-state index in [-0.39, 0.29) is 18.9 Å². The summed E-state index contributed by atoms with van der Waals surface area (Å²) < 4.78 is 0. The molecule has 0 saturated carbocycles. The van der Waals surface area contributed by atoms with Crippen molar-refractivity contribution in [3.63, 3.8) is 0 Å². The Bertz CT molecular complexity index is 348. The lowest BCUT2D eigenvalue weighted by Crippen LogP contribution is -2.30. The molecule has 0 unspecified atom stereocenters. The Morgan fingerprint density at radius 3 is 2.86 bits per heavy atom. The number of carboxylic acids is 1. The maximum Gasteiger partial charge on any atom is 0.322 e. The van der Waals surface area contributed by atoms with Crippen LogP contribution < -0.4 is 5.32 Å². The molecule has 1 aromatic rings. The molecule has 5 nitrogen and oxygen atoms in total. The topological polar surface area (TPSA) is 79.3 Å². The number of thiazole rings is 1. The lowest BCUT2D eigenvalue weighted by molar-refractivity contribution is -0.137. The first-order valence-electron chi connectivity index (χ1n) is 3.97. The van der Waals surface area contributed by atoms with Crippen LogP contribution in [0.2, 0.25) is 0 Å². The molecule has 14 heavy (non-hydrogen) atoms. The molecule has 76 valence electrons. The summed E-state index contributed by atoms with van der Waals surface area (Å²) in [4.78, 5) is 25.3. The molecule has 0 aromatic carbocycles. The molecule has 1 aromatic heterocycles. The molecular weight excluding hydrogens is 204 g/mol. The molecular formula is C8H10N2O3S. The highest BCUT2D eigenvalue weighted by Crippen LogP contribution is 2.08. The van der Waals surface area contributed by atoms with Crippen molar-refractivity contribution < 1.29 is 14.7 Å². The minimum absolute atomic E-state index is 0.145. The van der Waals surface area contributed by atoms with E-state index in [4.69, 9.17) is 5.11 Å². The van der Waals surface area contributed by atoms with Crippen LogP contribution in [0.5, 0.6) is 0 Å². The Morgan fingerprint density at radius 2 is 2.36 bits per heavy atom. The van der Waals surface area contributed by atoms with Crippen LogP contribution in [0.3, 0.4) is 0 Å². The first kappa shape index (κ1) is 10.6. The van der Waals surface area contributed by atoms with E-state index in [1.807, 2.05) is 12.3 Å². The van der Waals surface area contributed by atoms with Gasteiger partial charge >= 0.3 is 5.97 Å². The number of hydrogen-bond acceptors (Lipinski definition) is 4. The highest BCUT2D eigenvalue weighted by Gasteiger charge is 2.07. The lowest BCUT2D eigenvalue weighted by atomic mass is 10.4.